The Bertz CT molecular complexity index is 497. The molecule has 3 heteroatoms. The van der Waals surface area contributed by atoms with Crippen LogP contribution in [0.5, 0.6) is 0 Å². The molecule has 0 amide bonds. The second-order valence-corrected chi connectivity index (χ2v) is 9.50. The molecule has 0 aliphatic heterocycles. The smallest absolute Gasteiger partial charge is 0.0650 e. The molecule has 0 spiro atoms. The zero-order valence-electron chi connectivity index (χ0n) is 15.2. The zero-order valence-corrected chi connectivity index (χ0v) is 15.2. The first-order chi connectivity index (χ1) is 10.6. The van der Waals surface area contributed by atoms with E-state index < -0.39 is 11.5 Å². The van der Waals surface area contributed by atoms with Crippen LogP contribution in [0, 0.1) is 28.1 Å². The predicted octanol–water partition coefficient (Wildman–Crippen LogP) is 3.28. The molecule has 2 saturated carbocycles. The fraction of sp³-hybridized carbons (Fsp3) is 0.900. The van der Waals surface area contributed by atoms with Crippen LogP contribution < -0.4 is 0 Å². The second kappa shape index (κ2) is 5.57. The molecule has 0 saturated heterocycles. The molecule has 0 aromatic rings. The van der Waals surface area contributed by atoms with Gasteiger partial charge in [0.2, 0.25) is 0 Å². The third-order valence-corrected chi connectivity index (χ3v) is 7.82. The Balaban J connectivity index is 1.99. The number of allylic oxidation sites excluding steroid dienone is 1. The summed E-state index contributed by atoms with van der Waals surface area (Å²) in [5.74, 6) is 1.01. The molecule has 2 fully saturated rings. The van der Waals surface area contributed by atoms with Crippen LogP contribution in [0.4, 0.5) is 0 Å². The van der Waals surface area contributed by atoms with Gasteiger partial charge in [0.05, 0.1) is 18.8 Å². The lowest BCUT2D eigenvalue weighted by Gasteiger charge is -2.59. The first-order valence-electron chi connectivity index (χ1n) is 9.34. The Kier molecular flexibility index (Phi) is 4.23. The third-order valence-electron chi connectivity index (χ3n) is 7.82. The zero-order chi connectivity index (χ0) is 17.0. The van der Waals surface area contributed by atoms with Crippen molar-refractivity contribution in [2.24, 2.45) is 28.1 Å². The number of rotatable bonds is 1. The molecule has 3 aliphatic carbocycles. The number of hydrogen-bond acceptors (Lipinski definition) is 3. The van der Waals surface area contributed by atoms with Crippen molar-refractivity contribution >= 4 is 0 Å². The van der Waals surface area contributed by atoms with Crippen molar-refractivity contribution < 1.29 is 15.3 Å². The minimum Gasteiger partial charge on any atom is -0.395 e. The first-order valence-corrected chi connectivity index (χ1v) is 9.34. The maximum absolute atomic E-state index is 10.5. The number of hydrogen-bond donors (Lipinski definition) is 3. The Hall–Kier alpha value is -0.380. The lowest BCUT2D eigenvalue weighted by atomic mass is 9.46. The van der Waals surface area contributed by atoms with Gasteiger partial charge in [-0.3, -0.25) is 0 Å². The van der Waals surface area contributed by atoms with E-state index in [0.717, 1.165) is 38.5 Å². The summed E-state index contributed by atoms with van der Waals surface area (Å²) in [5.41, 5.74) is 1.11. The van der Waals surface area contributed by atoms with Crippen molar-refractivity contribution in [1.29, 1.82) is 0 Å². The molecule has 3 aliphatic rings. The Morgan fingerprint density at radius 1 is 1.00 bits per heavy atom. The molecule has 0 aromatic carbocycles. The van der Waals surface area contributed by atoms with Crippen molar-refractivity contribution in [1.82, 2.24) is 0 Å². The van der Waals surface area contributed by atoms with Crippen molar-refractivity contribution in [3.05, 3.63) is 11.6 Å². The van der Waals surface area contributed by atoms with Crippen molar-refractivity contribution in [2.45, 2.75) is 78.4 Å². The van der Waals surface area contributed by atoms with Crippen LogP contribution in [-0.2, 0) is 0 Å². The minimum atomic E-state index is -0.503. The maximum Gasteiger partial charge on any atom is 0.0650 e. The molecule has 0 unspecified atom stereocenters. The number of fused-ring (bicyclic) bond motifs is 3. The van der Waals surface area contributed by atoms with Crippen molar-refractivity contribution in [3.63, 3.8) is 0 Å². The maximum atomic E-state index is 10.5. The second-order valence-electron chi connectivity index (χ2n) is 9.50. The fourth-order valence-electron chi connectivity index (χ4n) is 6.12. The summed E-state index contributed by atoms with van der Waals surface area (Å²) >= 11 is 0. The van der Waals surface area contributed by atoms with E-state index >= 15 is 0 Å². The van der Waals surface area contributed by atoms with Crippen molar-refractivity contribution in [2.75, 3.05) is 6.61 Å². The Morgan fingerprint density at radius 2 is 1.70 bits per heavy atom. The normalized spacial score (nSPS) is 49.6. The summed E-state index contributed by atoms with van der Waals surface area (Å²) in [4.78, 5) is 0. The molecule has 0 heterocycles. The molecular formula is C20H34O3. The van der Waals surface area contributed by atoms with E-state index in [2.05, 4.69) is 26.8 Å². The van der Waals surface area contributed by atoms with Crippen molar-refractivity contribution in [3.8, 4) is 0 Å². The van der Waals surface area contributed by atoms with Gasteiger partial charge in [-0.05, 0) is 61.2 Å². The molecular weight excluding hydrogens is 288 g/mol. The highest BCUT2D eigenvalue weighted by Crippen LogP contribution is 2.63. The third kappa shape index (κ3) is 2.51. The molecule has 0 bridgehead atoms. The van der Waals surface area contributed by atoms with Crippen LogP contribution in [0.25, 0.3) is 0 Å². The molecule has 23 heavy (non-hydrogen) atoms. The standard InChI is InChI=1S/C20H34O3/c1-18(2)15-7-5-13-11-19(3,12-21)17(23)8-6-14(13)20(15,4)10-9-16(18)22/h11,14-17,21-23H,5-10,12H2,1-4H3/t14-,15-,16-,17-,19+,20+/m0/s1. The molecule has 3 nitrogen and oxygen atoms in total. The summed E-state index contributed by atoms with van der Waals surface area (Å²) in [6.45, 7) is 8.87. The molecule has 132 valence electrons. The fourth-order valence-corrected chi connectivity index (χ4v) is 6.12. The van der Waals surface area contributed by atoms with Gasteiger partial charge in [-0.25, -0.2) is 0 Å². The van der Waals surface area contributed by atoms with Crippen LogP contribution >= 0.6 is 0 Å². The van der Waals surface area contributed by atoms with E-state index in [9.17, 15) is 15.3 Å². The van der Waals surface area contributed by atoms with Gasteiger partial charge in [0, 0.05) is 5.41 Å². The SMILES string of the molecule is CC1(C)[C@@H](O)CC[C@]2(C)[C@H]3CC[C@H](O)[C@@](C)(CO)C=C3CC[C@@H]12. The van der Waals surface area contributed by atoms with Gasteiger partial charge < -0.3 is 15.3 Å². The van der Waals surface area contributed by atoms with Gasteiger partial charge in [-0.15, -0.1) is 0 Å². The first kappa shape index (κ1) is 17.4. The van der Waals surface area contributed by atoms with Gasteiger partial charge in [0.25, 0.3) is 0 Å². The van der Waals surface area contributed by atoms with Crippen LogP contribution in [-0.4, -0.2) is 34.1 Å². The average Bonchev–Trinajstić information content (AvgIpc) is 2.62. The summed E-state index contributed by atoms with van der Waals surface area (Å²) in [6, 6.07) is 0. The van der Waals surface area contributed by atoms with Gasteiger partial charge in [0.1, 0.15) is 0 Å². The molecule has 6 atom stereocenters. The summed E-state index contributed by atoms with van der Waals surface area (Å²) in [5, 5.41) is 30.9. The quantitative estimate of drug-likeness (QED) is 0.649. The molecule has 0 aromatic heterocycles. The van der Waals surface area contributed by atoms with Gasteiger partial charge in [-0.1, -0.05) is 39.3 Å². The highest BCUT2D eigenvalue weighted by atomic mass is 16.3. The minimum absolute atomic E-state index is 0.00867. The lowest BCUT2D eigenvalue weighted by molar-refractivity contribution is -0.125. The van der Waals surface area contributed by atoms with Crippen LogP contribution in [0.2, 0.25) is 0 Å². The summed E-state index contributed by atoms with van der Waals surface area (Å²) in [6.07, 6.45) is 7.40. The van der Waals surface area contributed by atoms with Gasteiger partial charge in [0.15, 0.2) is 0 Å². The highest BCUT2D eigenvalue weighted by molar-refractivity contribution is 5.24. The van der Waals surface area contributed by atoms with Crippen LogP contribution in [0.1, 0.15) is 66.2 Å². The summed E-state index contributed by atoms with van der Waals surface area (Å²) in [7, 11) is 0. The Labute approximate surface area is 140 Å². The van der Waals surface area contributed by atoms with Gasteiger partial charge in [-0.2, -0.15) is 0 Å². The molecule has 3 N–H and O–H groups in total. The van der Waals surface area contributed by atoms with E-state index in [1.807, 2.05) is 6.92 Å². The van der Waals surface area contributed by atoms with Gasteiger partial charge >= 0.3 is 0 Å². The van der Waals surface area contributed by atoms with E-state index in [4.69, 9.17) is 0 Å². The van der Waals surface area contributed by atoms with E-state index in [0.29, 0.717) is 11.8 Å². The van der Waals surface area contributed by atoms with E-state index in [1.54, 1.807) is 0 Å². The monoisotopic (exact) mass is 322 g/mol. The average molecular weight is 322 g/mol. The lowest BCUT2D eigenvalue weighted by Crippen LogP contribution is -2.54. The van der Waals surface area contributed by atoms with E-state index in [1.165, 1.54) is 5.57 Å². The highest BCUT2D eigenvalue weighted by Gasteiger charge is 2.56. The van der Waals surface area contributed by atoms with Crippen LogP contribution in [0.3, 0.4) is 0 Å². The van der Waals surface area contributed by atoms with E-state index in [-0.39, 0.29) is 23.5 Å². The predicted molar refractivity (Wildman–Crippen MR) is 91.9 cm³/mol. The number of aliphatic hydroxyl groups is 3. The summed E-state index contributed by atoms with van der Waals surface area (Å²) < 4.78 is 0. The topological polar surface area (TPSA) is 60.7 Å². The molecule has 3 rings (SSSR count). The van der Waals surface area contributed by atoms with Crippen LogP contribution in [0.15, 0.2) is 11.6 Å². The number of aliphatic hydroxyl groups excluding tert-OH is 3. The largest absolute Gasteiger partial charge is 0.395 e. The molecule has 0 radical (unpaired) electrons. The Morgan fingerprint density at radius 3 is 2.35 bits per heavy atom.